The van der Waals surface area contributed by atoms with E-state index in [0.717, 1.165) is 55.8 Å². The summed E-state index contributed by atoms with van der Waals surface area (Å²) < 4.78 is 22.3. The summed E-state index contributed by atoms with van der Waals surface area (Å²) in [4.78, 5) is 46.2. The van der Waals surface area contributed by atoms with Crippen LogP contribution < -0.4 is 0 Å². The molecule has 8 heteroatoms. The van der Waals surface area contributed by atoms with Crippen LogP contribution in [0.25, 0.3) is 0 Å². The molecule has 0 radical (unpaired) electrons. The normalized spacial score (nSPS) is 32.7. The third kappa shape index (κ3) is 11.9. The summed E-state index contributed by atoms with van der Waals surface area (Å²) in [6.07, 6.45) is 21.4. The lowest BCUT2D eigenvalue weighted by atomic mass is 9.64. The number of fused-ring (bicyclic) bond motifs is 3. The molecule has 0 saturated heterocycles. The molecular formula is C54H86O8. The number of esters is 4. The van der Waals surface area contributed by atoms with Gasteiger partial charge in [-0.15, -0.1) is 0 Å². The van der Waals surface area contributed by atoms with Gasteiger partial charge in [0.25, 0.3) is 0 Å². The van der Waals surface area contributed by atoms with E-state index in [1.165, 1.54) is 83.5 Å². The van der Waals surface area contributed by atoms with Crippen LogP contribution in [-0.4, -0.2) is 46.3 Å². The van der Waals surface area contributed by atoms with Crippen LogP contribution in [0.4, 0.5) is 0 Å². The van der Waals surface area contributed by atoms with Gasteiger partial charge in [-0.1, -0.05) is 59.9 Å². The van der Waals surface area contributed by atoms with Gasteiger partial charge >= 0.3 is 23.9 Å². The Kier molecular flexibility index (Phi) is 16.5. The quantitative estimate of drug-likeness (QED) is 0.128. The molecule has 8 unspecified atom stereocenters. The predicted octanol–water partition coefficient (Wildman–Crippen LogP) is 13.3. The van der Waals surface area contributed by atoms with E-state index in [0.29, 0.717) is 39.5 Å². The van der Waals surface area contributed by atoms with Gasteiger partial charge in [0.05, 0.1) is 0 Å². The van der Waals surface area contributed by atoms with Crippen molar-refractivity contribution < 1.29 is 38.1 Å². The van der Waals surface area contributed by atoms with Crippen molar-refractivity contribution in [1.82, 2.24) is 0 Å². The largest absolute Gasteiger partial charge is 0.456 e. The summed E-state index contributed by atoms with van der Waals surface area (Å²) in [6, 6.07) is 0. The Balaban J connectivity index is 0.000000187. The number of hydrogen-bond donors (Lipinski definition) is 0. The van der Waals surface area contributed by atoms with Crippen LogP contribution in [0.5, 0.6) is 0 Å². The van der Waals surface area contributed by atoms with Crippen LogP contribution in [0, 0.1) is 46.3 Å². The monoisotopic (exact) mass is 863 g/mol. The van der Waals surface area contributed by atoms with Crippen LogP contribution in [0.2, 0.25) is 0 Å². The molecule has 0 amide bonds. The molecule has 8 nitrogen and oxygen atoms in total. The molecule has 0 aromatic heterocycles. The molecule has 4 bridgehead atoms. The molecule has 62 heavy (non-hydrogen) atoms. The molecule has 7 saturated carbocycles. The first kappa shape index (κ1) is 51.5. The Morgan fingerprint density at radius 2 is 1.02 bits per heavy atom. The number of rotatable bonds is 9. The first-order valence-corrected chi connectivity index (χ1v) is 24.2. The molecule has 7 fully saturated rings. The smallest absolute Gasteiger partial charge is 0.333 e. The average Bonchev–Trinajstić information content (AvgIpc) is 4.01. The maximum absolute atomic E-state index is 12.1. The summed E-state index contributed by atoms with van der Waals surface area (Å²) in [6.45, 7) is 38.9. The minimum absolute atomic E-state index is 0.212. The van der Waals surface area contributed by atoms with Crippen molar-refractivity contribution in [1.29, 1.82) is 0 Å². The molecule has 8 atom stereocenters. The van der Waals surface area contributed by atoms with E-state index < -0.39 is 0 Å². The Hall–Kier alpha value is -3.16. The van der Waals surface area contributed by atoms with Crippen LogP contribution in [0.1, 0.15) is 199 Å². The van der Waals surface area contributed by atoms with E-state index in [9.17, 15) is 19.2 Å². The van der Waals surface area contributed by atoms with Gasteiger partial charge in [0.15, 0.2) is 0 Å². The van der Waals surface area contributed by atoms with Gasteiger partial charge < -0.3 is 18.9 Å². The molecule has 350 valence electrons. The summed E-state index contributed by atoms with van der Waals surface area (Å²) in [7, 11) is 0. The first-order valence-electron chi connectivity index (χ1n) is 24.2. The predicted molar refractivity (Wildman–Crippen MR) is 249 cm³/mol. The van der Waals surface area contributed by atoms with Crippen LogP contribution in [0.15, 0.2) is 48.6 Å². The molecule has 7 rings (SSSR count). The molecule has 0 aromatic carbocycles. The number of hydrogen-bond acceptors (Lipinski definition) is 8. The zero-order valence-corrected chi connectivity index (χ0v) is 41.3. The van der Waals surface area contributed by atoms with Gasteiger partial charge in [-0.25, -0.2) is 19.2 Å². The topological polar surface area (TPSA) is 105 Å². The van der Waals surface area contributed by atoms with Crippen LogP contribution in [-0.2, 0) is 38.1 Å². The molecule has 0 aromatic rings. The number of carbonyl (C=O) groups excluding carboxylic acids is 4. The highest BCUT2D eigenvalue weighted by atomic mass is 16.6. The minimum atomic E-state index is -0.324. The van der Waals surface area contributed by atoms with Gasteiger partial charge in [0.2, 0.25) is 0 Å². The lowest BCUT2D eigenvalue weighted by Gasteiger charge is -2.46. The molecule has 0 aliphatic heterocycles. The van der Waals surface area contributed by atoms with E-state index >= 15 is 0 Å². The van der Waals surface area contributed by atoms with E-state index in [-0.39, 0.29) is 51.7 Å². The Labute approximate surface area is 376 Å². The molecule has 0 N–H and O–H groups in total. The maximum atomic E-state index is 12.1. The van der Waals surface area contributed by atoms with Crippen molar-refractivity contribution in [3.05, 3.63) is 48.6 Å². The fourth-order valence-corrected chi connectivity index (χ4v) is 13.0. The third-order valence-corrected chi connectivity index (χ3v) is 16.7. The van der Waals surface area contributed by atoms with Crippen molar-refractivity contribution in [3.8, 4) is 0 Å². The van der Waals surface area contributed by atoms with Crippen molar-refractivity contribution in [2.45, 2.75) is 221 Å². The fraction of sp³-hybridized carbons (Fsp3) is 0.778. The third-order valence-electron chi connectivity index (χ3n) is 16.7. The van der Waals surface area contributed by atoms with Crippen molar-refractivity contribution >= 4 is 23.9 Å². The number of carbonyl (C=O) groups is 4. The number of ether oxygens (including phenoxy) is 4. The van der Waals surface area contributed by atoms with Crippen LogP contribution >= 0.6 is 0 Å². The standard InChI is InChI=1S/C19H30O2.C14H22O2.C11H18O2.C10H16O2/c1-12(2)16(20)21-18(6)9-10-19-11-15(18)17(4,5)14(19)8-7-13(19)3;1-9(2)13(15)16-14(3,4)12-8-10-5-6-11(12)7-10;1-9(2)10(12)13-11(3)7-5-4-6-8-11;1-8(2)9(11)12-10(3)6-4-5-7-10/h13-15H,1,7-11H2,2-6H3;10-12H,1,5-8H2,2-4H3;1,4-8H2,2-3H3;1,4-7H2,2-3H3. The van der Waals surface area contributed by atoms with Crippen LogP contribution in [0.3, 0.4) is 0 Å². The Bertz CT molecular complexity index is 1700. The van der Waals surface area contributed by atoms with Crippen molar-refractivity contribution in [2.75, 3.05) is 0 Å². The minimum Gasteiger partial charge on any atom is -0.456 e. The molecule has 7 aliphatic carbocycles. The average molecular weight is 863 g/mol. The highest BCUT2D eigenvalue weighted by Crippen LogP contribution is 2.73. The highest BCUT2D eigenvalue weighted by molar-refractivity contribution is 5.88. The summed E-state index contributed by atoms with van der Waals surface area (Å²) in [5, 5.41) is 0. The second kappa shape index (κ2) is 19.9. The Morgan fingerprint density at radius 1 is 0.548 bits per heavy atom. The summed E-state index contributed by atoms with van der Waals surface area (Å²) in [5.74, 6) is 3.37. The molecule has 0 heterocycles. The summed E-state index contributed by atoms with van der Waals surface area (Å²) in [5.41, 5.74) is 1.70. The van der Waals surface area contributed by atoms with E-state index in [2.05, 4.69) is 67.9 Å². The van der Waals surface area contributed by atoms with Gasteiger partial charge in [0.1, 0.15) is 22.4 Å². The van der Waals surface area contributed by atoms with E-state index in [1.54, 1.807) is 27.7 Å². The van der Waals surface area contributed by atoms with Gasteiger partial charge in [-0.2, -0.15) is 0 Å². The van der Waals surface area contributed by atoms with Gasteiger partial charge in [-0.05, 0) is 200 Å². The molecule has 7 aliphatic rings. The van der Waals surface area contributed by atoms with Gasteiger partial charge in [0, 0.05) is 34.1 Å². The molecular weight excluding hydrogens is 777 g/mol. The van der Waals surface area contributed by atoms with E-state index in [4.69, 9.17) is 18.9 Å². The summed E-state index contributed by atoms with van der Waals surface area (Å²) >= 11 is 0. The zero-order valence-electron chi connectivity index (χ0n) is 41.3. The highest BCUT2D eigenvalue weighted by Gasteiger charge is 2.69. The van der Waals surface area contributed by atoms with Crippen molar-refractivity contribution in [2.24, 2.45) is 46.3 Å². The zero-order chi connectivity index (χ0) is 46.6. The fourth-order valence-electron chi connectivity index (χ4n) is 13.0. The first-order chi connectivity index (χ1) is 28.6. The SMILES string of the molecule is C=C(C)C(=O)OC(C)(C)C1CC2CCC1C2.C=C(C)C(=O)OC1(C)CCC23CC1C(C)(C)C2CCC3C.C=C(C)C(=O)OC1(C)CCCC1.C=C(C)C(=O)OC1(C)CCCCC1. The maximum Gasteiger partial charge on any atom is 0.333 e. The van der Waals surface area contributed by atoms with Gasteiger partial charge in [-0.3, -0.25) is 0 Å². The lowest BCUT2D eigenvalue weighted by molar-refractivity contribution is -0.169. The van der Waals surface area contributed by atoms with Crippen molar-refractivity contribution in [3.63, 3.8) is 0 Å². The molecule has 1 spiro atoms. The second-order valence-electron chi connectivity index (χ2n) is 22.9. The Morgan fingerprint density at radius 3 is 1.45 bits per heavy atom. The second-order valence-corrected chi connectivity index (χ2v) is 22.9. The van der Waals surface area contributed by atoms with E-state index in [1.807, 2.05) is 13.8 Å². The lowest BCUT2D eigenvalue weighted by Crippen LogP contribution is -2.47.